The number of hydrogen-bond donors (Lipinski definition) is 5. The smallest absolute Gasteiger partial charge is 0.257 e. The Balaban J connectivity index is 1.77. The minimum atomic E-state index is -1.22. The average molecular weight is 639 g/mol. The van der Waals surface area contributed by atoms with E-state index in [1.807, 2.05) is 13.8 Å². The third-order valence-corrected chi connectivity index (χ3v) is 7.33. The zero-order valence-electron chi connectivity index (χ0n) is 26.8. The fraction of sp³-hybridized carbons (Fsp3) is 0.515. The summed E-state index contributed by atoms with van der Waals surface area (Å²) in [5.41, 5.74) is 1.07. The van der Waals surface area contributed by atoms with Crippen molar-refractivity contribution in [3.63, 3.8) is 0 Å². The van der Waals surface area contributed by atoms with Crippen LogP contribution in [-0.2, 0) is 25.6 Å². The van der Waals surface area contributed by atoms with E-state index in [0.29, 0.717) is 62.2 Å². The van der Waals surface area contributed by atoms with Gasteiger partial charge in [0, 0.05) is 38.6 Å². The van der Waals surface area contributed by atoms with Gasteiger partial charge in [0.1, 0.15) is 17.8 Å². The van der Waals surface area contributed by atoms with Gasteiger partial charge in [0.2, 0.25) is 17.7 Å². The summed E-state index contributed by atoms with van der Waals surface area (Å²) in [6.45, 7) is 6.39. The van der Waals surface area contributed by atoms with E-state index in [2.05, 4.69) is 26.3 Å². The highest BCUT2D eigenvalue weighted by Gasteiger charge is 2.30. The van der Waals surface area contributed by atoms with Gasteiger partial charge >= 0.3 is 0 Å². The lowest BCUT2D eigenvalue weighted by Gasteiger charge is -2.26. The molecule has 3 atom stereocenters. The van der Waals surface area contributed by atoms with Crippen molar-refractivity contribution in [1.29, 1.82) is 0 Å². The van der Waals surface area contributed by atoms with Gasteiger partial charge < -0.3 is 36.0 Å². The molecule has 0 radical (unpaired) electrons. The van der Waals surface area contributed by atoms with Crippen molar-refractivity contribution < 1.29 is 33.8 Å². The zero-order chi connectivity index (χ0) is 33.5. The number of pyridine rings is 1. The molecule has 13 heteroatoms. The number of hydrogen-bond acceptors (Lipinski definition) is 8. The Labute approximate surface area is 269 Å². The van der Waals surface area contributed by atoms with Crippen molar-refractivity contribution in [3.8, 4) is 5.75 Å². The van der Waals surface area contributed by atoms with Crippen molar-refractivity contribution in [1.82, 2.24) is 31.2 Å². The summed E-state index contributed by atoms with van der Waals surface area (Å²) in [5.74, 6) is -1.59. The third-order valence-electron chi connectivity index (χ3n) is 7.33. The van der Waals surface area contributed by atoms with Crippen LogP contribution in [0.3, 0.4) is 0 Å². The summed E-state index contributed by atoms with van der Waals surface area (Å²) in [5, 5.41) is 21.3. The second-order valence-corrected chi connectivity index (χ2v) is 11.8. The van der Waals surface area contributed by atoms with Gasteiger partial charge in [0.25, 0.3) is 11.8 Å². The van der Waals surface area contributed by atoms with Gasteiger partial charge in [-0.3, -0.25) is 29.0 Å². The molecule has 0 fully saturated rings. The number of benzene rings is 1. The molecule has 46 heavy (non-hydrogen) atoms. The van der Waals surface area contributed by atoms with Crippen LogP contribution in [0.4, 0.5) is 0 Å². The number of aliphatic hydroxyl groups excluding tert-OH is 1. The molecular formula is C33H46N6O7. The van der Waals surface area contributed by atoms with E-state index in [1.165, 1.54) is 13.1 Å². The second kappa shape index (κ2) is 18.4. The molecule has 13 nitrogen and oxygen atoms in total. The molecule has 3 rings (SSSR count). The number of aromatic nitrogens is 1. The monoisotopic (exact) mass is 638 g/mol. The van der Waals surface area contributed by atoms with Crippen LogP contribution in [0.25, 0.3) is 0 Å². The zero-order valence-corrected chi connectivity index (χ0v) is 26.8. The number of amides is 5. The Morgan fingerprint density at radius 3 is 2.43 bits per heavy atom. The van der Waals surface area contributed by atoms with Crippen LogP contribution in [0.5, 0.6) is 5.75 Å². The van der Waals surface area contributed by atoms with Crippen LogP contribution in [-0.4, -0.2) is 95.5 Å². The molecule has 0 aliphatic carbocycles. The molecule has 0 saturated heterocycles. The number of carbonyl (C=O) groups excluding carboxylic acids is 5. The van der Waals surface area contributed by atoms with Gasteiger partial charge in [-0.1, -0.05) is 26.0 Å². The summed E-state index contributed by atoms with van der Waals surface area (Å²) in [7, 11) is 0. The van der Waals surface area contributed by atoms with E-state index in [9.17, 15) is 29.1 Å². The molecule has 1 aliphatic rings. The first-order chi connectivity index (χ1) is 22.0. The topological polar surface area (TPSA) is 179 Å². The Morgan fingerprint density at radius 1 is 0.957 bits per heavy atom. The number of fused-ring (bicyclic) bond motifs is 2. The SMILES string of the molecule is CC(C)C[C@H]1NC(=O)Cc2cccc(c2)OCC(=O)NCCCN(C(=O)c2cccnc2)CCCCNC(=O)[C@H]([C@@H](C)O)NC1=O. The van der Waals surface area contributed by atoms with Crippen molar-refractivity contribution in [2.45, 2.75) is 71.1 Å². The highest BCUT2D eigenvalue weighted by atomic mass is 16.5. The lowest BCUT2D eigenvalue weighted by molar-refractivity contribution is -0.134. The molecule has 5 amide bonds. The number of nitrogens with zero attached hydrogens (tertiary/aromatic N) is 2. The molecule has 2 heterocycles. The predicted molar refractivity (Wildman–Crippen MR) is 171 cm³/mol. The van der Waals surface area contributed by atoms with E-state index in [1.54, 1.807) is 47.5 Å². The third kappa shape index (κ3) is 12.1. The normalized spacial score (nSPS) is 20.7. The average Bonchev–Trinajstić information content (AvgIpc) is 3.02. The van der Waals surface area contributed by atoms with Gasteiger partial charge in [-0.05, 0) is 68.4 Å². The number of carbonyl (C=O) groups is 5. The van der Waals surface area contributed by atoms with Crippen molar-refractivity contribution in [2.24, 2.45) is 5.92 Å². The Bertz CT molecular complexity index is 1320. The van der Waals surface area contributed by atoms with Crippen LogP contribution in [0.1, 0.15) is 62.4 Å². The van der Waals surface area contributed by atoms with Gasteiger partial charge in [0.05, 0.1) is 18.1 Å². The maximum atomic E-state index is 13.3. The molecule has 0 unspecified atom stereocenters. The van der Waals surface area contributed by atoms with Crippen molar-refractivity contribution >= 4 is 29.5 Å². The van der Waals surface area contributed by atoms with E-state index in [0.717, 1.165) is 0 Å². The fourth-order valence-electron chi connectivity index (χ4n) is 4.97. The molecular weight excluding hydrogens is 592 g/mol. The molecule has 2 bridgehead atoms. The summed E-state index contributed by atoms with van der Waals surface area (Å²) >= 11 is 0. The van der Waals surface area contributed by atoms with E-state index in [-0.39, 0.29) is 37.3 Å². The highest BCUT2D eigenvalue weighted by Crippen LogP contribution is 2.15. The van der Waals surface area contributed by atoms with E-state index >= 15 is 0 Å². The van der Waals surface area contributed by atoms with Crippen LogP contribution < -0.4 is 26.0 Å². The standard InChI is InChI=1S/C33H46N6O7/c1-22(2)17-27-31(43)38-30(23(3)40)32(44)36-13-4-5-15-39(33(45)25-10-7-12-34-20-25)16-8-14-35-29(42)21-46-26-11-6-9-24(18-26)19-28(41)37-27/h6-7,9-12,18,20,22-23,27,30,40H,4-5,8,13-17,19,21H2,1-3H3,(H,35,42)(H,36,44)(H,37,41)(H,38,43)/t23-,27-,30+/m1/s1. The number of ether oxygens (including phenoxy) is 1. The van der Waals surface area contributed by atoms with E-state index < -0.39 is 35.9 Å². The number of nitrogens with one attached hydrogen (secondary N) is 4. The molecule has 250 valence electrons. The molecule has 1 aromatic heterocycles. The van der Waals surface area contributed by atoms with Crippen LogP contribution in [0, 0.1) is 5.92 Å². The quantitative estimate of drug-likeness (QED) is 0.329. The fourth-order valence-corrected chi connectivity index (χ4v) is 4.97. The van der Waals surface area contributed by atoms with Gasteiger partial charge in [0.15, 0.2) is 6.61 Å². The first-order valence-electron chi connectivity index (χ1n) is 15.8. The van der Waals surface area contributed by atoms with Crippen molar-refractivity contribution in [2.75, 3.05) is 32.8 Å². The van der Waals surface area contributed by atoms with Gasteiger partial charge in [-0.2, -0.15) is 0 Å². The van der Waals surface area contributed by atoms with Crippen LogP contribution >= 0.6 is 0 Å². The first-order valence-corrected chi connectivity index (χ1v) is 15.8. The minimum Gasteiger partial charge on any atom is -0.484 e. The molecule has 2 aromatic rings. The molecule has 0 saturated carbocycles. The summed E-state index contributed by atoms with van der Waals surface area (Å²) < 4.78 is 5.64. The van der Waals surface area contributed by atoms with Gasteiger partial charge in [-0.25, -0.2) is 0 Å². The lowest BCUT2D eigenvalue weighted by atomic mass is 10.0. The second-order valence-electron chi connectivity index (χ2n) is 11.8. The van der Waals surface area contributed by atoms with Gasteiger partial charge in [-0.15, -0.1) is 0 Å². The van der Waals surface area contributed by atoms with Crippen LogP contribution in [0.15, 0.2) is 48.8 Å². The Kier molecular flexibility index (Phi) is 14.4. The summed E-state index contributed by atoms with van der Waals surface area (Å²) in [4.78, 5) is 70.6. The predicted octanol–water partition coefficient (Wildman–Crippen LogP) is 0.958. The van der Waals surface area contributed by atoms with Crippen molar-refractivity contribution in [3.05, 3.63) is 59.9 Å². The largest absolute Gasteiger partial charge is 0.484 e. The highest BCUT2D eigenvalue weighted by molar-refractivity contribution is 5.94. The Morgan fingerprint density at radius 2 is 1.72 bits per heavy atom. The molecule has 1 aromatic carbocycles. The first kappa shape index (κ1) is 36.0. The Hall–Kier alpha value is -4.52. The van der Waals surface area contributed by atoms with E-state index in [4.69, 9.17) is 4.74 Å². The molecule has 0 spiro atoms. The lowest BCUT2D eigenvalue weighted by Crippen LogP contribution is -2.57. The molecule has 1 aliphatic heterocycles. The summed E-state index contributed by atoms with van der Waals surface area (Å²) in [6.07, 6.45) is 3.79. The minimum absolute atomic E-state index is 0.0418. The summed E-state index contributed by atoms with van der Waals surface area (Å²) in [6, 6.07) is 8.00. The maximum Gasteiger partial charge on any atom is 0.257 e. The number of rotatable bonds is 4. The number of aliphatic hydroxyl groups is 1. The van der Waals surface area contributed by atoms with Crippen LogP contribution in [0.2, 0.25) is 0 Å². The molecule has 5 N–H and O–H groups in total. The maximum absolute atomic E-state index is 13.3.